The molecule has 3 rings (SSSR count). The minimum Gasteiger partial charge on any atom is 0 e. The average Bonchev–Trinajstić information content (AvgIpc) is 3.20. The summed E-state index contributed by atoms with van der Waals surface area (Å²) >= 11 is 0. The van der Waals surface area contributed by atoms with Crippen LogP contribution < -0.4 is 0 Å². The zero-order chi connectivity index (χ0) is 27.2. The van der Waals surface area contributed by atoms with Crippen molar-refractivity contribution in [3.05, 3.63) is 114 Å². The van der Waals surface area contributed by atoms with Gasteiger partial charge in [0.2, 0.25) is 0 Å². The molecule has 2 aromatic carbocycles. The van der Waals surface area contributed by atoms with E-state index in [9.17, 15) is 13.2 Å². The second-order valence-corrected chi connectivity index (χ2v) is 9.92. The molecular formula is C27H24FeO7S. The molecule has 0 N–H and O–H groups in total. The molecule has 1 aliphatic heterocycles. The summed E-state index contributed by atoms with van der Waals surface area (Å²) in [5.41, 5.74) is 1.75. The molecule has 0 bridgehead atoms. The molecule has 0 unspecified atom stereocenters. The maximum Gasteiger partial charge on any atom is 0 e. The van der Waals surface area contributed by atoms with Crippen LogP contribution in [0.15, 0.2) is 83.0 Å². The molecule has 188 valence electrons. The predicted molar refractivity (Wildman–Crippen MR) is 128 cm³/mol. The summed E-state index contributed by atoms with van der Waals surface area (Å²) in [6.45, 7) is 19.4. The van der Waals surface area contributed by atoms with Crippen LogP contribution in [0.5, 0.6) is 0 Å². The molecule has 0 fully saturated rings. The minimum absolute atomic E-state index is 0. The molecule has 0 spiro atoms. The summed E-state index contributed by atoms with van der Waals surface area (Å²) in [5.74, 6) is -0.544. The van der Waals surface area contributed by atoms with E-state index < -0.39 is 21.2 Å². The van der Waals surface area contributed by atoms with E-state index in [-0.39, 0.29) is 33.3 Å². The third kappa shape index (κ3) is 9.46. The van der Waals surface area contributed by atoms with Gasteiger partial charge in [-0.05, 0) is 16.5 Å². The Bertz CT molecular complexity index is 1250. The van der Waals surface area contributed by atoms with Crippen molar-refractivity contribution in [2.75, 3.05) is 6.26 Å². The summed E-state index contributed by atoms with van der Waals surface area (Å²) in [6.07, 6.45) is 4.83. The smallest absolute Gasteiger partial charge is 0 e. The fourth-order valence-electron chi connectivity index (χ4n) is 3.19. The van der Waals surface area contributed by atoms with Crippen LogP contribution in [0.3, 0.4) is 0 Å². The number of carbonyl (C=O) groups is 1. The number of sulfone groups is 1. The average molecular weight is 548 g/mol. The van der Waals surface area contributed by atoms with E-state index in [0.29, 0.717) is 11.1 Å². The van der Waals surface area contributed by atoms with E-state index in [1.165, 1.54) is 0 Å². The van der Waals surface area contributed by atoms with Crippen LogP contribution in [0.2, 0.25) is 0 Å². The van der Waals surface area contributed by atoms with Gasteiger partial charge in [-0.2, -0.15) is 0 Å². The number of ether oxygens (including phenoxy) is 1. The number of carbonyl (C=O) groups excluding carboxylic acids is 1. The first kappa shape index (κ1) is 35.0. The van der Waals surface area contributed by atoms with Gasteiger partial charge in [0.1, 0.15) is 4.91 Å². The van der Waals surface area contributed by atoms with Gasteiger partial charge in [-0.15, -0.1) is 0 Å². The van der Waals surface area contributed by atoms with Crippen LogP contribution in [0.4, 0.5) is 0 Å². The van der Waals surface area contributed by atoms with E-state index in [1.54, 1.807) is 24.3 Å². The Kier molecular flexibility index (Phi) is 16.0. The van der Waals surface area contributed by atoms with Gasteiger partial charge < -0.3 is 4.74 Å². The van der Waals surface area contributed by atoms with Gasteiger partial charge in [-0.3, -0.25) is 0 Å². The van der Waals surface area contributed by atoms with Crippen LogP contribution in [-0.2, 0) is 50.4 Å². The van der Waals surface area contributed by atoms with Gasteiger partial charge in [0.25, 0.3) is 0 Å². The maximum atomic E-state index is 12.7. The molecule has 1 aliphatic rings. The summed E-state index contributed by atoms with van der Waals surface area (Å²) < 4.78 is 53.5. The normalized spacial score (nSPS) is 13.9. The van der Waals surface area contributed by atoms with Crippen LogP contribution >= 0.6 is 0 Å². The van der Waals surface area contributed by atoms with E-state index >= 15 is 0 Å². The first-order valence-electron chi connectivity index (χ1n) is 9.90. The van der Waals surface area contributed by atoms with Crippen LogP contribution in [-0.4, -0.2) is 20.6 Å². The third-order valence-corrected chi connectivity index (χ3v) is 5.69. The zero-order valence-corrected chi connectivity index (χ0v) is 22.0. The van der Waals surface area contributed by atoms with Crippen molar-refractivity contribution in [3.63, 3.8) is 0 Å². The second-order valence-electron chi connectivity index (χ2n) is 7.97. The summed E-state index contributed by atoms with van der Waals surface area (Å²) in [7, 11) is -3.73. The Balaban J connectivity index is 0. The van der Waals surface area contributed by atoms with Gasteiger partial charge in [0, 0.05) is 28.9 Å². The van der Waals surface area contributed by atoms with Crippen molar-refractivity contribution in [3.8, 4) is 0 Å². The Morgan fingerprint density at radius 3 is 1.72 bits per heavy atom. The molecule has 0 aliphatic carbocycles. The van der Waals surface area contributed by atoms with Crippen molar-refractivity contribution in [2.24, 2.45) is 5.41 Å². The Morgan fingerprint density at radius 2 is 1.31 bits per heavy atom. The number of allylic oxidation sites excluding steroid dienone is 2. The molecule has 1 heterocycles. The van der Waals surface area contributed by atoms with Gasteiger partial charge in [0.05, 0.1) is 5.57 Å². The van der Waals surface area contributed by atoms with E-state index in [2.05, 4.69) is 20.0 Å². The number of hydrogen-bond donors (Lipinski definition) is 0. The number of hydrogen-bond acceptors (Lipinski definition) is 4. The topological polar surface area (TPSA) is 120 Å². The first-order valence-corrected chi connectivity index (χ1v) is 11.8. The number of esters is 1. The van der Waals surface area contributed by atoms with Gasteiger partial charge in [-0.25, -0.2) is 13.2 Å². The largest absolute Gasteiger partial charge is 0 e. The maximum absolute atomic E-state index is 12.7. The van der Waals surface area contributed by atoms with Gasteiger partial charge >= 0.3 is 39.9 Å². The van der Waals surface area contributed by atoms with Crippen molar-refractivity contribution >= 4 is 27.5 Å². The third-order valence-electron chi connectivity index (χ3n) is 4.56. The SMILES string of the molecule is CC(C)(C)C(/C=C/c1ccccc1)=C1\OC(=O)C(c2ccccc2)=C1S(C)(=O)=O.[C-]#[O+].[C-]#[O+].[C-]#[O+].[Fe]. The van der Waals surface area contributed by atoms with E-state index in [1.807, 2.05) is 69.3 Å². The molecular weight excluding hydrogens is 524 g/mol. The first-order chi connectivity index (χ1) is 16.6. The molecule has 0 aromatic heterocycles. The molecule has 0 radical (unpaired) electrons. The van der Waals surface area contributed by atoms with Crippen molar-refractivity contribution in [1.29, 1.82) is 0 Å². The molecule has 0 saturated heterocycles. The van der Waals surface area contributed by atoms with Crippen LogP contribution in [0.1, 0.15) is 31.9 Å². The second kappa shape index (κ2) is 16.5. The molecule has 0 atom stereocenters. The zero-order valence-electron chi connectivity index (χ0n) is 20.0. The molecule has 0 saturated carbocycles. The van der Waals surface area contributed by atoms with E-state index in [0.717, 1.165) is 11.8 Å². The fourth-order valence-corrected chi connectivity index (χ4v) is 4.25. The van der Waals surface area contributed by atoms with Crippen LogP contribution in [0.25, 0.3) is 11.6 Å². The summed E-state index contributed by atoms with van der Waals surface area (Å²) in [5, 5.41) is 0. The Hall–Kier alpha value is -3.18. The molecule has 9 heteroatoms. The monoisotopic (exact) mass is 548 g/mol. The predicted octanol–water partition coefficient (Wildman–Crippen LogP) is 4.90. The quantitative estimate of drug-likeness (QED) is 0.234. The van der Waals surface area contributed by atoms with Crippen LogP contribution in [0, 0.1) is 25.4 Å². The Labute approximate surface area is 222 Å². The van der Waals surface area contributed by atoms with Gasteiger partial charge in [-0.1, -0.05) is 93.6 Å². The molecule has 36 heavy (non-hydrogen) atoms. The molecule has 7 nitrogen and oxygen atoms in total. The van der Waals surface area contributed by atoms with Crippen molar-refractivity contribution < 1.29 is 49.0 Å². The fraction of sp³-hybridized carbons (Fsp3) is 0.185. The van der Waals surface area contributed by atoms with Crippen molar-refractivity contribution in [2.45, 2.75) is 20.8 Å². The summed E-state index contributed by atoms with van der Waals surface area (Å²) in [6, 6.07) is 18.4. The standard InChI is InChI=1S/C24H24O4S.3CO.Fe/c1-24(2,3)19(16-15-17-11-7-5-8-12-17)21-22(29(4,26)27)20(23(25)28-21)18-13-9-6-10-14-18;3*1-2;/h5-16H,1-4H3;;;;/b16-15+,21-19-;;;;. The van der Waals surface area contributed by atoms with Gasteiger partial charge in [0.15, 0.2) is 15.6 Å². The Morgan fingerprint density at radius 1 is 0.861 bits per heavy atom. The van der Waals surface area contributed by atoms with E-state index in [4.69, 9.17) is 18.7 Å². The van der Waals surface area contributed by atoms with Crippen molar-refractivity contribution in [1.82, 2.24) is 0 Å². The number of benzene rings is 2. The number of rotatable bonds is 4. The molecule has 0 amide bonds. The summed E-state index contributed by atoms with van der Waals surface area (Å²) in [4.78, 5) is 12.7. The number of cyclic esters (lactones) is 1. The molecule has 2 aromatic rings. The minimum atomic E-state index is -3.73.